The molecule has 3 rings (SSSR count). The Morgan fingerprint density at radius 1 is 0.519 bits per heavy atom. The van der Waals surface area contributed by atoms with Crippen LogP contribution >= 0.6 is 9.24 Å². The molecule has 0 radical (unpaired) electrons. The molecule has 0 aliphatic carbocycles. The van der Waals surface area contributed by atoms with Gasteiger partial charge in [0.05, 0.1) is 0 Å². The van der Waals surface area contributed by atoms with Crippen molar-refractivity contribution in [2.24, 2.45) is 0 Å². The summed E-state index contributed by atoms with van der Waals surface area (Å²) in [5.74, 6) is 0. The first-order chi connectivity index (χ1) is 12.6. The van der Waals surface area contributed by atoms with Gasteiger partial charge >= 0.3 is 0 Å². The van der Waals surface area contributed by atoms with Gasteiger partial charge in [-0.1, -0.05) is 108 Å². The van der Waals surface area contributed by atoms with Gasteiger partial charge in [0.1, 0.15) is 0 Å². The van der Waals surface area contributed by atoms with Crippen molar-refractivity contribution in [3.63, 3.8) is 0 Å². The highest BCUT2D eigenvalue weighted by Gasteiger charge is 2.28. The van der Waals surface area contributed by atoms with Gasteiger partial charge in [-0.25, -0.2) is 0 Å². The summed E-state index contributed by atoms with van der Waals surface area (Å²) >= 11 is 0. The summed E-state index contributed by atoms with van der Waals surface area (Å²) in [6, 6.07) is 24.2. The molecule has 0 heterocycles. The predicted octanol–water partition coefficient (Wildman–Crippen LogP) is 7.12. The summed E-state index contributed by atoms with van der Waals surface area (Å²) in [6.07, 6.45) is 0. The van der Waals surface area contributed by atoms with E-state index in [9.17, 15) is 0 Å². The lowest BCUT2D eigenvalue weighted by Crippen LogP contribution is -2.23. The van der Waals surface area contributed by atoms with Crippen LogP contribution in [-0.2, 0) is 10.8 Å². The highest BCUT2D eigenvalue weighted by molar-refractivity contribution is 7.28. The van der Waals surface area contributed by atoms with Crippen LogP contribution in [0.25, 0.3) is 22.3 Å². The van der Waals surface area contributed by atoms with Crippen molar-refractivity contribution in [3.05, 3.63) is 77.9 Å². The first kappa shape index (κ1) is 19.8. The normalized spacial score (nSPS) is 12.3. The Morgan fingerprint density at radius 2 is 1.00 bits per heavy atom. The second-order valence-electron chi connectivity index (χ2n) is 9.36. The molecule has 1 heteroatoms. The molecule has 3 aromatic carbocycles. The molecule has 0 nitrogen and oxygen atoms in total. The molecule has 0 aromatic heterocycles. The third-order valence-electron chi connectivity index (χ3n) is 5.09. The molecular weight excluding hydrogens is 343 g/mol. The van der Waals surface area contributed by atoms with Crippen LogP contribution < -0.4 is 5.30 Å². The number of hydrogen-bond acceptors (Lipinski definition) is 0. The van der Waals surface area contributed by atoms with E-state index < -0.39 is 0 Å². The van der Waals surface area contributed by atoms with Gasteiger partial charge in [-0.2, -0.15) is 0 Å². The van der Waals surface area contributed by atoms with Gasteiger partial charge in [0.2, 0.25) is 0 Å². The van der Waals surface area contributed by atoms with Gasteiger partial charge in [0, 0.05) is 0 Å². The van der Waals surface area contributed by atoms with Gasteiger partial charge in [-0.3, -0.25) is 0 Å². The maximum absolute atomic E-state index is 2.88. The maximum atomic E-state index is 2.88. The Bertz CT molecular complexity index is 952. The van der Waals surface area contributed by atoms with E-state index in [1.54, 1.807) is 0 Å². The molecule has 0 aliphatic rings. The fraction of sp³-hybridized carbons (Fsp3) is 0.308. The Balaban J connectivity index is 2.36. The van der Waals surface area contributed by atoms with E-state index >= 15 is 0 Å². The van der Waals surface area contributed by atoms with Crippen molar-refractivity contribution >= 4 is 14.5 Å². The van der Waals surface area contributed by atoms with Crippen molar-refractivity contribution < 1.29 is 0 Å². The van der Waals surface area contributed by atoms with Gasteiger partial charge in [0.15, 0.2) is 0 Å². The first-order valence-electron chi connectivity index (χ1n) is 9.69. The monoisotopic (exact) mass is 374 g/mol. The third kappa shape index (κ3) is 4.02. The molecule has 0 saturated carbocycles. The lowest BCUT2D eigenvalue weighted by Gasteiger charge is -2.33. The van der Waals surface area contributed by atoms with Crippen LogP contribution in [0.15, 0.2) is 66.7 Å². The molecule has 0 fully saturated rings. The van der Waals surface area contributed by atoms with Crippen molar-refractivity contribution in [3.8, 4) is 22.3 Å². The average Bonchev–Trinajstić information content (AvgIpc) is 2.60. The zero-order valence-electron chi connectivity index (χ0n) is 17.4. The van der Waals surface area contributed by atoms with Gasteiger partial charge < -0.3 is 0 Å². The fourth-order valence-electron chi connectivity index (χ4n) is 3.90. The summed E-state index contributed by atoms with van der Waals surface area (Å²) < 4.78 is 0. The average molecular weight is 375 g/mol. The zero-order chi connectivity index (χ0) is 19.8. The minimum absolute atomic E-state index is 0.0623. The second-order valence-corrected chi connectivity index (χ2v) is 9.98. The Labute approximate surface area is 167 Å². The van der Waals surface area contributed by atoms with Crippen LogP contribution in [0.4, 0.5) is 0 Å². The molecule has 27 heavy (non-hydrogen) atoms. The highest BCUT2D eigenvalue weighted by Crippen LogP contribution is 2.42. The second kappa shape index (κ2) is 7.25. The summed E-state index contributed by atoms with van der Waals surface area (Å²) in [6.45, 7) is 13.9. The number of hydrogen-bond donors (Lipinski definition) is 0. The molecule has 0 saturated heterocycles. The lowest BCUT2D eigenvalue weighted by molar-refractivity contribution is 0.531. The molecule has 0 amide bonds. The van der Waals surface area contributed by atoms with Crippen LogP contribution in [0, 0.1) is 0 Å². The maximum Gasteiger partial charge on any atom is -0.00991 e. The van der Waals surface area contributed by atoms with E-state index in [-0.39, 0.29) is 10.8 Å². The Morgan fingerprint density at radius 3 is 1.52 bits per heavy atom. The van der Waals surface area contributed by atoms with Crippen molar-refractivity contribution in [2.45, 2.75) is 52.4 Å². The van der Waals surface area contributed by atoms with Crippen LogP contribution in [0.5, 0.6) is 0 Å². The van der Waals surface area contributed by atoms with E-state index in [4.69, 9.17) is 0 Å². The molecule has 3 aromatic rings. The van der Waals surface area contributed by atoms with Crippen LogP contribution in [0.1, 0.15) is 52.7 Å². The van der Waals surface area contributed by atoms with E-state index in [0.29, 0.717) is 0 Å². The molecule has 0 bridgehead atoms. The van der Waals surface area contributed by atoms with Gasteiger partial charge in [-0.15, -0.1) is 9.24 Å². The number of rotatable bonds is 2. The van der Waals surface area contributed by atoms with Crippen LogP contribution in [0.3, 0.4) is 0 Å². The molecule has 0 aliphatic heterocycles. The summed E-state index contributed by atoms with van der Waals surface area (Å²) in [7, 11) is 2.88. The van der Waals surface area contributed by atoms with Crippen molar-refractivity contribution in [1.82, 2.24) is 0 Å². The Hall–Kier alpha value is -1.91. The van der Waals surface area contributed by atoms with Gasteiger partial charge in [-0.05, 0) is 49.5 Å². The number of benzene rings is 3. The summed E-state index contributed by atoms with van der Waals surface area (Å²) in [4.78, 5) is 0. The van der Waals surface area contributed by atoms with Gasteiger partial charge in [0.25, 0.3) is 0 Å². The highest BCUT2D eigenvalue weighted by atomic mass is 31.0. The smallest absolute Gasteiger partial charge is 0.00991 e. The molecule has 0 spiro atoms. The first-order valence-corrected chi connectivity index (χ1v) is 10.3. The van der Waals surface area contributed by atoms with Crippen LogP contribution in [-0.4, -0.2) is 0 Å². The van der Waals surface area contributed by atoms with Crippen molar-refractivity contribution in [2.75, 3.05) is 0 Å². The topological polar surface area (TPSA) is 0 Å². The third-order valence-corrected chi connectivity index (χ3v) is 5.59. The molecule has 140 valence electrons. The van der Waals surface area contributed by atoms with E-state index in [2.05, 4.69) is 118 Å². The SMILES string of the molecule is CC(C)(C)c1cccc(-c2ccccc2-c2ccccc2P)c1C(C)(C)C. The Kier molecular flexibility index (Phi) is 5.33. The summed E-state index contributed by atoms with van der Waals surface area (Å²) in [5, 5.41) is 1.23. The molecule has 1 atom stereocenters. The van der Waals surface area contributed by atoms with E-state index in [0.717, 1.165) is 0 Å². The fourth-order valence-corrected chi connectivity index (χ4v) is 4.27. The van der Waals surface area contributed by atoms with E-state index in [1.807, 2.05) is 0 Å². The minimum atomic E-state index is 0.0623. The summed E-state index contributed by atoms with van der Waals surface area (Å²) in [5.41, 5.74) is 8.27. The minimum Gasteiger partial charge on any atom is -0.105 e. The van der Waals surface area contributed by atoms with Crippen molar-refractivity contribution in [1.29, 1.82) is 0 Å². The van der Waals surface area contributed by atoms with E-state index in [1.165, 1.54) is 38.7 Å². The largest absolute Gasteiger partial charge is 0.105 e. The lowest BCUT2D eigenvalue weighted by atomic mass is 9.72. The predicted molar refractivity (Wildman–Crippen MR) is 124 cm³/mol. The standard InChI is InChI=1S/C26H31P/c1-25(2,3)22-16-11-15-21(24(22)26(4,5)6)19-13-8-7-12-18(19)20-14-9-10-17-23(20)27/h7-17H,27H2,1-6H3. The quantitative estimate of drug-likeness (QED) is 0.419. The van der Waals surface area contributed by atoms with Crippen LogP contribution in [0.2, 0.25) is 0 Å². The molecule has 1 unspecified atom stereocenters. The molecule has 0 N–H and O–H groups in total. The zero-order valence-corrected chi connectivity index (χ0v) is 18.6. The molecular formula is C26H31P.